The summed E-state index contributed by atoms with van der Waals surface area (Å²) in [7, 11) is 0. The fourth-order valence-electron chi connectivity index (χ4n) is 3.53. The highest BCUT2D eigenvalue weighted by Gasteiger charge is 2.35. The van der Waals surface area contributed by atoms with Crippen LogP contribution in [0.5, 0.6) is 0 Å². The first-order chi connectivity index (χ1) is 14.8. The molecule has 1 saturated heterocycles. The van der Waals surface area contributed by atoms with Crippen LogP contribution >= 0.6 is 34.5 Å². The van der Waals surface area contributed by atoms with Gasteiger partial charge in [0.05, 0.1) is 20.3 Å². The van der Waals surface area contributed by atoms with E-state index in [-0.39, 0.29) is 17.7 Å². The van der Waals surface area contributed by atoms with Gasteiger partial charge in [-0.3, -0.25) is 14.4 Å². The molecule has 1 atom stereocenters. The van der Waals surface area contributed by atoms with E-state index in [1.807, 2.05) is 0 Å². The van der Waals surface area contributed by atoms with Crippen LogP contribution in [0.3, 0.4) is 0 Å². The minimum atomic E-state index is -0.594. The molecule has 1 aliphatic heterocycles. The minimum Gasteiger partial charge on any atom is -0.327 e. The van der Waals surface area contributed by atoms with Gasteiger partial charge in [0.1, 0.15) is 6.04 Å². The van der Waals surface area contributed by atoms with Gasteiger partial charge in [-0.25, -0.2) is 4.98 Å². The largest absolute Gasteiger partial charge is 0.327 e. The number of benzene rings is 2. The van der Waals surface area contributed by atoms with Gasteiger partial charge in [0.2, 0.25) is 11.8 Å². The van der Waals surface area contributed by atoms with Crippen LogP contribution < -0.4 is 10.6 Å². The third-order valence-electron chi connectivity index (χ3n) is 4.92. The van der Waals surface area contributed by atoms with Gasteiger partial charge in [-0.05, 0) is 49.2 Å². The molecule has 0 aliphatic carbocycles. The van der Waals surface area contributed by atoms with E-state index in [9.17, 15) is 14.4 Å². The summed E-state index contributed by atoms with van der Waals surface area (Å²) < 4.78 is 0.830. The van der Waals surface area contributed by atoms with E-state index in [1.165, 1.54) is 24.3 Å². The Bertz CT molecular complexity index is 1200. The van der Waals surface area contributed by atoms with E-state index in [4.69, 9.17) is 23.2 Å². The number of anilines is 2. The van der Waals surface area contributed by atoms with Crippen molar-refractivity contribution < 1.29 is 14.4 Å². The summed E-state index contributed by atoms with van der Waals surface area (Å²) in [4.78, 5) is 43.1. The maximum Gasteiger partial charge on any atom is 0.254 e. The molecule has 7 nitrogen and oxygen atoms in total. The van der Waals surface area contributed by atoms with Crippen LogP contribution in [-0.4, -0.2) is 40.2 Å². The molecule has 1 aromatic heterocycles. The zero-order valence-electron chi connectivity index (χ0n) is 16.4. The number of rotatable bonds is 4. The lowest BCUT2D eigenvalue weighted by atomic mass is 10.1. The predicted octanol–water partition coefficient (Wildman–Crippen LogP) is 4.80. The number of thiazole rings is 1. The molecule has 3 aromatic rings. The molecule has 2 heterocycles. The average Bonchev–Trinajstić information content (AvgIpc) is 3.35. The van der Waals surface area contributed by atoms with Crippen LogP contribution in [0.2, 0.25) is 10.0 Å². The van der Waals surface area contributed by atoms with E-state index in [0.717, 1.165) is 11.1 Å². The van der Waals surface area contributed by atoms with E-state index in [1.54, 1.807) is 35.2 Å². The first-order valence-electron chi connectivity index (χ1n) is 9.57. The van der Waals surface area contributed by atoms with Crippen molar-refractivity contribution in [1.82, 2.24) is 9.88 Å². The van der Waals surface area contributed by atoms with Gasteiger partial charge < -0.3 is 15.5 Å². The number of fused-ring (bicyclic) bond motifs is 1. The van der Waals surface area contributed by atoms with Gasteiger partial charge in [0.15, 0.2) is 5.13 Å². The topological polar surface area (TPSA) is 91.4 Å². The monoisotopic (exact) mass is 476 g/mol. The van der Waals surface area contributed by atoms with Crippen LogP contribution in [0.4, 0.5) is 10.8 Å². The van der Waals surface area contributed by atoms with Crippen molar-refractivity contribution in [2.75, 3.05) is 17.2 Å². The summed E-state index contributed by atoms with van der Waals surface area (Å²) in [6.45, 7) is 1.92. The van der Waals surface area contributed by atoms with E-state index in [0.29, 0.717) is 44.9 Å². The number of hydrogen-bond donors (Lipinski definition) is 2. The molecule has 31 heavy (non-hydrogen) atoms. The highest BCUT2D eigenvalue weighted by Crippen LogP contribution is 2.30. The summed E-state index contributed by atoms with van der Waals surface area (Å²) in [5.74, 6) is -0.710. The zero-order valence-corrected chi connectivity index (χ0v) is 18.8. The molecule has 2 aromatic carbocycles. The van der Waals surface area contributed by atoms with Crippen molar-refractivity contribution >= 4 is 73.3 Å². The number of nitrogens with zero attached hydrogens (tertiary/aromatic N) is 2. The number of likely N-dealkylation sites (tertiary alicyclic amines) is 1. The van der Waals surface area contributed by atoms with Gasteiger partial charge in [0, 0.05) is 24.7 Å². The van der Waals surface area contributed by atoms with Crippen molar-refractivity contribution in [2.45, 2.75) is 25.8 Å². The average molecular weight is 477 g/mol. The Morgan fingerprint density at radius 2 is 1.90 bits per heavy atom. The highest BCUT2D eigenvalue weighted by molar-refractivity contribution is 7.22. The van der Waals surface area contributed by atoms with Crippen molar-refractivity contribution in [1.29, 1.82) is 0 Å². The van der Waals surface area contributed by atoms with Gasteiger partial charge in [-0.2, -0.15) is 0 Å². The first-order valence-corrected chi connectivity index (χ1v) is 11.1. The molecular weight excluding hydrogens is 459 g/mol. The molecule has 0 radical (unpaired) electrons. The molecule has 0 bridgehead atoms. The molecule has 4 rings (SSSR count). The molecule has 1 aliphatic rings. The fourth-order valence-corrected chi connectivity index (χ4v) is 4.73. The quantitative estimate of drug-likeness (QED) is 0.565. The number of carbonyl (C=O) groups is 3. The van der Waals surface area contributed by atoms with E-state index < -0.39 is 6.04 Å². The number of carbonyl (C=O) groups excluding carboxylic acids is 3. The molecule has 3 amide bonds. The van der Waals surface area contributed by atoms with Gasteiger partial charge >= 0.3 is 0 Å². The first kappa shape index (κ1) is 21.5. The Hall–Kier alpha value is -2.68. The lowest BCUT2D eigenvalue weighted by molar-refractivity contribution is -0.119. The van der Waals surface area contributed by atoms with Gasteiger partial charge in [0.25, 0.3) is 5.91 Å². The molecule has 2 N–H and O–H groups in total. The van der Waals surface area contributed by atoms with Crippen molar-refractivity contribution in [3.63, 3.8) is 0 Å². The third-order valence-corrected chi connectivity index (χ3v) is 6.59. The van der Waals surface area contributed by atoms with Crippen LogP contribution in [0.25, 0.3) is 10.2 Å². The standard InChI is InChI=1S/C21H18Cl2N4O3S/c1-11(28)24-13-5-7-16-18(10-13)31-21(25-16)26-19(29)17-3-2-8-27(17)20(30)12-4-6-14(22)15(23)9-12/h4-7,9-10,17H,2-3,8H2,1H3,(H,24,28)(H,25,26,29). The second-order valence-corrected chi connectivity index (χ2v) is 9.00. The second kappa shape index (κ2) is 8.82. The number of hydrogen-bond acceptors (Lipinski definition) is 5. The SMILES string of the molecule is CC(=O)Nc1ccc2nc(NC(=O)C3CCCN3C(=O)c3ccc(Cl)c(Cl)c3)sc2c1. The van der Waals surface area contributed by atoms with Crippen molar-refractivity contribution in [2.24, 2.45) is 0 Å². The number of amides is 3. The summed E-state index contributed by atoms with van der Waals surface area (Å²) in [5.41, 5.74) is 1.76. The van der Waals surface area contributed by atoms with Crippen LogP contribution in [0.15, 0.2) is 36.4 Å². The predicted molar refractivity (Wildman–Crippen MR) is 123 cm³/mol. The van der Waals surface area contributed by atoms with Crippen molar-refractivity contribution in [3.8, 4) is 0 Å². The highest BCUT2D eigenvalue weighted by atomic mass is 35.5. The summed E-state index contributed by atoms with van der Waals surface area (Å²) in [6.07, 6.45) is 1.29. The van der Waals surface area contributed by atoms with Crippen LogP contribution in [-0.2, 0) is 9.59 Å². The van der Waals surface area contributed by atoms with Crippen LogP contribution in [0, 0.1) is 0 Å². The zero-order chi connectivity index (χ0) is 22.1. The second-order valence-electron chi connectivity index (χ2n) is 7.16. The van der Waals surface area contributed by atoms with Crippen LogP contribution in [0.1, 0.15) is 30.1 Å². The lowest BCUT2D eigenvalue weighted by Gasteiger charge is -2.23. The summed E-state index contributed by atoms with van der Waals surface area (Å²) in [6, 6.07) is 9.43. The Morgan fingerprint density at radius 1 is 1.10 bits per heavy atom. The maximum absolute atomic E-state index is 12.9. The lowest BCUT2D eigenvalue weighted by Crippen LogP contribution is -2.43. The molecule has 0 spiro atoms. The maximum atomic E-state index is 12.9. The van der Waals surface area contributed by atoms with E-state index >= 15 is 0 Å². The Morgan fingerprint density at radius 3 is 2.65 bits per heavy atom. The molecule has 1 fully saturated rings. The van der Waals surface area contributed by atoms with Crippen molar-refractivity contribution in [3.05, 3.63) is 52.0 Å². The molecule has 160 valence electrons. The smallest absolute Gasteiger partial charge is 0.254 e. The molecular formula is C21H18Cl2N4O3S. The van der Waals surface area contributed by atoms with E-state index in [2.05, 4.69) is 15.6 Å². The summed E-state index contributed by atoms with van der Waals surface area (Å²) >= 11 is 13.3. The number of nitrogens with one attached hydrogen (secondary N) is 2. The molecule has 1 unspecified atom stereocenters. The Kier molecular flexibility index (Phi) is 6.13. The Balaban J connectivity index is 1.50. The molecule has 0 saturated carbocycles. The fraction of sp³-hybridized carbons (Fsp3) is 0.238. The normalized spacial score (nSPS) is 15.8. The number of halogens is 2. The van der Waals surface area contributed by atoms with Gasteiger partial charge in [-0.1, -0.05) is 34.5 Å². The summed E-state index contributed by atoms with van der Waals surface area (Å²) in [5, 5.41) is 6.65. The van der Waals surface area contributed by atoms with Gasteiger partial charge in [-0.15, -0.1) is 0 Å². The minimum absolute atomic E-state index is 0.162. The number of aromatic nitrogens is 1. The third kappa shape index (κ3) is 4.66. The molecule has 10 heteroatoms. The Labute approximate surface area is 192 Å².